The Bertz CT molecular complexity index is 598. The van der Waals surface area contributed by atoms with Crippen molar-refractivity contribution in [1.29, 1.82) is 0 Å². The second-order valence-electron chi connectivity index (χ2n) is 6.47. The first-order valence-corrected chi connectivity index (χ1v) is 7.53. The van der Waals surface area contributed by atoms with Crippen LogP contribution in [-0.4, -0.2) is 46.2 Å². The summed E-state index contributed by atoms with van der Waals surface area (Å²) in [6.07, 6.45) is -4.27. The van der Waals surface area contributed by atoms with Crippen LogP contribution in [0.15, 0.2) is 18.2 Å². The van der Waals surface area contributed by atoms with Gasteiger partial charge in [-0.3, -0.25) is 0 Å². The Kier molecular flexibility index (Phi) is 3.86. The highest BCUT2D eigenvalue weighted by molar-refractivity contribution is 6.32. The number of rotatable bonds is 2. The zero-order valence-electron chi connectivity index (χ0n) is 12.7. The van der Waals surface area contributed by atoms with Crippen LogP contribution in [0.25, 0.3) is 0 Å². The number of halogens is 5. The van der Waals surface area contributed by atoms with Gasteiger partial charge in [0.1, 0.15) is 7.85 Å². The summed E-state index contributed by atoms with van der Waals surface area (Å²) in [5, 5.41) is 0. The van der Waals surface area contributed by atoms with Crippen molar-refractivity contribution in [2.75, 3.05) is 31.2 Å². The molecule has 1 aromatic rings. The molecule has 0 aliphatic carbocycles. The van der Waals surface area contributed by atoms with E-state index < -0.39 is 18.6 Å². The van der Waals surface area contributed by atoms with Crippen LogP contribution in [0.4, 0.5) is 27.6 Å². The van der Waals surface area contributed by atoms with Gasteiger partial charge >= 0.3 is 12.1 Å². The fourth-order valence-corrected chi connectivity index (χ4v) is 3.55. The van der Waals surface area contributed by atoms with Gasteiger partial charge in [0, 0.05) is 30.9 Å². The van der Waals surface area contributed by atoms with E-state index in [1.165, 1.54) is 4.90 Å². The zero-order chi connectivity index (χ0) is 16.9. The van der Waals surface area contributed by atoms with Gasteiger partial charge in [-0.2, -0.15) is 22.0 Å². The maximum absolute atomic E-state index is 13.5. The lowest BCUT2D eigenvalue weighted by Crippen LogP contribution is -2.48. The van der Waals surface area contributed by atoms with Crippen LogP contribution in [0, 0.1) is 0 Å². The highest BCUT2D eigenvalue weighted by Crippen LogP contribution is 2.48. The van der Waals surface area contributed by atoms with Crippen LogP contribution < -0.4 is 10.4 Å². The van der Waals surface area contributed by atoms with Crippen molar-refractivity contribution in [3.63, 3.8) is 0 Å². The second-order valence-corrected chi connectivity index (χ2v) is 6.47. The molecule has 2 aliphatic heterocycles. The lowest BCUT2D eigenvalue weighted by atomic mass is 9.75. The van der Waals surface area contributed by atoms with E-state index in [-0.39, 0.29) is 12.0 Å². The van der Waals surface area contributed by atoms with E-state index in [1.807, 2.05) is 12.1 Å². The summed E-state index contributed by atoms with van der Waals surface area (Å²) in [7, 11) is 1.80. The van der Waals surface area contributed by atoms with Crippen molar-refractivity contribution in [1.82, 2.24) is 0 Å². The summed E-state index contributed by atoms with van der Waals surface area (Å²) in [5.41, 5.74) is 1.82. The Morgan fingerprint density at radius 3 is 2.39 bits per heavy atom. The topological polar surface area (TPSA) is 12.5 Å². The standard InChI is InChI=1S/C15H17BF5NO/c16-10-1-2-11-12(7-10)22(9-14(17,18)15(19,20)21)8-13(11)3-5-23-6-4-13/h1-2,7H,3-6,8-9,16H2. The summed E-state index contributed by atoms with van der Waals surface area (Å²) in [4.78, 5) is 1.20. The monoisotopic (exact) mass is 333 g/mol. The van der Waals surface area contributed by atoms with E-state index in [4.69, 9.17) is 4.74 Å². The number of nitrogens with zero attached hydrogens (tertiary/aromatic N) is 1. The summed E-state index contributed by atoms with van der Waals surface area (Å²) in [6, 6.07) is 5.44. The van der Waals surface area contributed by atoms with Gasteiger partial charge < -0.3 is 9.64 Å². The van der Waals surface area contributed by atoms with Crippen LogP contribution in [0.5, 0.6) is 0 Å². The molecule has 3 rings (SSSR count). The summed E-state index contributed by atoms with van der Waals surface area (Å²) < 4.78 is 70.2. The molecular formula is C15H17BF5NO. The highest BCUT2D eigenvalue weighted by atomic mass is 19.4. The average Bonchev–Trinajstić information content (AvgIpc) is 2.71. The Labute approximate surface area is 132 Å². The second kappa shape index (κ2) is 5.36. The normalized spacial score (nSPS) is 20.8. The van der Waals surface area contributed by atoms with Crippen molar-refractivity contribution >= 4 is 19.0 Å². The van der Waals surface area contributed by atoms with E-state index in [9.17, 15) is 22.0 Å². The van der Waals surface area contributed by atoms with Gasteiger partial charge in [0.2, 0.25) is 0 Å². The van der Waals surface area contributed by atoms with Gasteiger partial charge in [-0.05, 0) is 24.5 Å². The molecule has 0 atom stereocenters. The van der Waals surface area contributed by atoms with Crippen molar-refractivity contribution in [3.05, 3.63) is 23.8 Å². The molecule has 1 fully saturated rings. The van der Waals surface area contributed by atoms with Crippen molar-refractivity contribution in [2.24, 2.45) is 0 Å². The lowest BCUT2D eigenvalue weighted by molar-refractivity contribution is -0.277. The first kappa shape index (κ1) is 16.5. The van der Waals surface area contributed by atoms with Crippen molar-refractivity contribution in [3.8, 4) is 0 Å². The number of alkyl halides is 5. The number of benzene rings is 1. The largest absolute Gasteiger partial charge is 0.455 e. The molecule has 23 heavy (non-hydrogen) atoms. The third kappa shape index (κ3) is 2.81. The average molecular weight is 333 g/mol. The number of ether oxygens (including phenoxy) is 1. The van der Waals surface area contributed by atoms with E-state index in [2.05, 4.69) is 0 Å². The minimum atomic E-state index is -5.54. The lowest BCUT2D eigenvalue weighted by Gasteiger charge is -2.35. The van der Waals surface area contributed by atoms with E-state index >= 15 is 0 Å². The Morgan fingerprint density at radius 1 is 1.13 bits per heavy atom. The summed E-state index contributed by atoms with van der Waals surface area (Å²) >= 11 is 0. The first-order valence-electron chi connectivity index (χ1n) is 7.53. The van der Waals surface area contributed by atoms with Gasteiger partial charge in [-0.1, -0.05) is 17.6 Å². The molecule has 1 saturated heterocycles. The molecule has 2 aliphatic rings. The maximum atomic E-state index is 13.5. The highest BCUT2D eigenvalue weighted by Gasteiger charge is 2.59. The third-order valence-electron chi connectivity index (χ3n) is 4.81. The molecule has 0 amide bonds. The molecule has 0 N–H and O–H groups in total. The van der Waals surface area contributed by atoms with Gasteiger partial charge in [0.25, 0.3) is 0 Å². The molecule has 1 aromatic carbocycles. The van der Waals surface area contributed by atoms with Gasteiger partial charge in [0.15, 0.2) is 0 Å². The molecule has 0 radical (unpaired) electrons. The van der Waals surface area contributed by atoms with E-state index in [0.717, 1.165) is 11.0 Å². The van der Waals surface area contributed by atoms with Gasteiger partial charge in [-0.15, -0.1) is 0 Å². The van der Waals surface area contributed by atoms with Crippen LogP contribution in [0.1, 0.15) is 18.4 Å². The van der Waals surface area contributed by atoms with Crippen LogP contribution >= 0.6 is 0 Å². The number of hydrogen-bond donors (Lipinski definition) is 0. The zero-order valence-corrected chi connectivity index (χ0v) is 12.7. The molecule has 2 heterocycles. The SMILES string of the molecule is Bc1ccc2c(c1)N(CC(F)(F)C(F)(F)F)CC21CCOCC1. The molecule has 0 aromatic heterocycles. The molecule has 8 heteroatoms. The number of anilines is 1. The number of hydrogen-bond acceptors (Lipinski definition) is 2. The van der Waals surface area contributed by atoms with E-state index in [1.54, 1.807) is 13.9 Å². The van der Waals surface area contributed by atoms with Crippen LogP contribution in [-0.2, 0) is 10.2 Å². The van der Waals surface area contributed by atoms with Crippen molar-refractivity contribution in [2.45, 2.75) is 30.4 Å². The predicted molar refractivity (Wildman–Crippen MR) is 79.6 cm³/mol. The minimum absolute atomic E-state index is 0.181. The van der Waals surface area contributed by atoms with Gasteiger partial charge in [0.05, 0.1) is 6.54 Å². The Morgan fingerprint density at radius 2 is 1.78 bits per heavy atom. The molecular weight excluding hydrogens is 316 g/mol. The van der Waals surface area contributed by atoms with Crippen molar-refractivity contribution < 1.29 is 26.7 Å². The molecule has 126 valence electrons. The summed E-state index contributed by atoms with van der Waals surface area (Å²) in [6.45, 7) is -0.163. The summed E-state index contributed by atoms with van der Waals surface area (Å²) in [5.74, 6) is -4.73. The smallest absolute Gasteiger partial charge is 0.381 e. The van der Waals surface area contributed by atoms with Crippen LogP contribution in [0.3, 0.4) is 0 Å². The van der Waals surface area contributed by atoms with E-state index in [0.29, 0.717) is 31.7 Å². The maximum Gasteiger partial charge on any atom is 0.455 e. The minimum Gasteiger partial charge on any atom is -0.381 e. The molecule has 0 saturated carbocycles. The molecule has 1 spiro atoms. The predicted octanol–water partition coefficient (Wildman–Crippen LogP) is 2.01. The third-order valence-corrected chi connectivity index (χ3v) is 4.81. The fraction of sp³-hybridized carbons (Fsp3) is 0.600. The molecule has 0 unspecified atom stereocenters. The quantitative estimate of drug-likeness (QED) is 0.607. The molecule has 0 bridgehead atoms. The van der Waals surface area contributed by atoms with Gasteiger partial charge in [-0.25, -0.2) is 0 Å². The fourth-order valence-electron chi connectivity index (χ4n) is 3.55. The Hall–Kier alpha value is -1.31. The van der Waals surface area contributed by atoms with Crippen LogP contribution in [0.2, 0.25) is 0 Å². The molecule has 2 nitrogen and oxygen atoms in total. The Balaban J connectivity index is 1.96. The number of fused-ring (bicyclic) bond motifs is 2. The first-order chi connectivity index (χ1) is 10.6.